The average Bonchev–Trinajstić information content (AvgIpc) is 2.57. The van der Waals surface area contributed by atoms with Crippen molar-refractivity contribution < 1.29 is 0 Å². The third-order valence-electron chi connectivity index (χ3n) is 3.96. The van der Waals surface area contributed by atoms with E-state index in [1.807, 2.05) is 37.3 Å². The first-order chi connectivity index (χ1) is 11.5. The highest BCUT2D eigenvalue weighted by Gasteiger charge is 2.07. The summed E-state index contributed by atoms with van der Waals surface area (Å²) in [6.45, 7) is 2.21. The van der Waals surface area contributed by atoms with Gasteiger partial charge < -0.3 is 14.9 Å². The molecule has 0 aliphatic heterocycles. The van der Waals surface area contributed by atoms with Crippen molar-refractivity contribution >= 4 is 16.6 Å². The molecule has 2 aromatic heterocycles. The smallest absolute Gasteiger partial charge is 0.274 e. The van der Waals surface area contributed by atoms with E-state index in [4.69, 9.17) is 5.26 Å². The van der Waals surface area contributed by atoms with Crippen molar-refractivity contribution in [1.82, 2.24) is 9.55 Å². The van der Waals surface area contributed by atoms with Gasteiger partial charge in [-0.2, -0.15) is 5.26 Å². The van der Waals surface area contributed by atoms with Gasteiger partial charge in [0.25, 0.3) is 11.1 Å². The van der Waals surface area contributed by atoms with Crippen molar-refractivity contribution in [3.8, 4) is 6.07 Å². The van der Waals surface area contributed by atoms with Gasteiger partial charge in [-0.25, -0.2) is 0 Å². The number of benzene rings is 1. The standard InChI is InChI=1S/C18H16N4O2/c1-11-3-5-15-12(7-11)8-13(17(23)21-15)10-20-16-6-4-14(9-19)22(2)18(16)24/h3-8,20H,10H2,1-2H3,(H,21,23). The number of fused-ring (bicyclic) bond motifs is 1. The fourth-order valence-electron chi connectivity index (χ4n) is 2.58. The first-order valence-electron chi connectivity index (χ1n) is 7.46. The Kier molecular flexibility index (Phi) is 3.92. The molecule has 2 N–H and O–H groups in total. The van der Waals surface area contributed by atoms with Gasteiger partial charge in [0.2, 0.25) is 0 Å². The zero-order chi connectivity index (χ0) is 17.3. The quantitative estimate of drug-likeness (QED) is 0.772. The second-order valence-corrected chi connectivity index (χ2v) is 5.68. The number of hydrogen-bond donors (Lipinski definition) is 2. The van der Waals surface area contributed by atoms with Crippen molar-refractivity contribution in [3.63, 3.8) is 0 Å². The summed E-state index contributed by atoms with van der Waals surface area (Å²) in [4.78, 5) is 27.2. The number of aryl methyl sites for hydroxylation is 1. The van der Waals surface area contributed by atoms with Crippen molar-refractivity contribution in [3.05, 3.63) is 73.9 Å². The van der Waals surface area contributed by atoms with E-state index in [1.165, 1.54) is 11.6 Å². The van der Waals surface area contributed by atoms with Crippen LogP contribution in [0, 0.1) is 18.3 Å². The van der Waals surface area contributed by atoms with Crippen LogP contribution in [0.15, 0.2) is 46.0 Å². The molecule has 0 unspecified atom stereocenters. The van der Waals surface area contributed by atoms with E-state index >= 15 is 0 Å². The lowest BCUT2D eigenvalue weighted by molar-refractivity contribution is 0.841. The van der Waals surface area contributed by atoms with Crippen molar-refractivity contribution in [2.24, 2.45) is 7.05 Å². The summed E-state index contributed by atoms with van der Waals surface area (Å²) in [6.07, 6.45) is 0. The molecule has 120 valence electrons. The number of hydrogen-bond acceptors (Lipinski definition) is 4. The summed E-state index contributed by atoms with van der Waals surface area (Å²) >= 11 is 0. The topological polar surface area (TPSA) is 90.7 Å². The van der Waals surface area contributed by atoms with E-state index < -0.39 is 0 Å². The Labute approximate surface area is 138 Å². The van der Waals surface area contributed by atoms with Crippen LogP contribution in [0.5, 0.6) is 0 Å². The summed E-state index contributed by atoms with van der Waals surface area (Å²) in [6, 6.07) is 12.7. The Morgan fingerprint density at radius 1 is 1.21 bits per heavy atom. The lowest BCUT2D eigenvalue weighted by Crippen LogP contribution is -2.24. The Morgan fingerprint density at radius 2 is 2.00 bits per heavy atom. The molecular weight excluding hydrogens is 304 g/mol. The normalized spacial score (nSPS) is 10.5. The number of anilines is 1. The lowest BCUT2D eigenvalue weighted by atomic mass is 10.1. The van der Waals surface area contributed by atoms with Crippen LogP contribution in [-0.2, 0) is 13.6 Å². The summed E-state index contributed by atoms with van der Waals surface area (Å²) in [5.74, 6) is 0. The van der Waals surface area contributed by atoms with Crippen LogP contribution < -0.4 is 16.4 Å². The first kappa shape index (κ1) is 15.6. The van der Waals surface area contributed by atoms with Gasteiger partial charge in [0.15, 0.2) is 0 Å². The Balaban J connectivity index is 1.93. The maximum atomic E-state index is 12.2. The van der Waals surface area contributed by atoms with E-state index in [1.54, 1.807) is 12.1 Å². The lowest BCUT2D eigenvalue weighted by Gasteiger charge is -2.09. The molecule has 0 saturated carbocycles. The van der Waals surface area contributed by atoms with Gasteiger partial charge in [-0.3, -0.25) is 9.59 Å². The van der Waals surface area contributed by atoms with Gasteiger partial charge in [0.05, 0.1) is 0 Å². The van der Waals surface area contributed by atoms with Gasteiger partial charge in [0, 0.05) is 24.7 Å². The van der Waals surface area contributed by atoms with Gasteiger partial charge in [-0.15, -0.1) is 0 Å². The second-order valence-electron chi connectivity index (χ2n) is 5.68. The Bertz CT molecular complexity index is 1090. The van der Waals surface area contributed by atoms with Gasteiger partial charge in [-0.1, -0.05) is 11.6 Å². The summed E-state index contributed by atoms with van der Waals surface area (Å²) in [5, 5.41) is 12.8. The molecule has 6 heteroatoms. The Hall–Kier alpha value is -3.33. The molecule has 0 amide bonds. The molecule has 6 nitrogen and oxygen atoms in total. The van der Waals surface area contributed by atoms with Gasteiger partial charge in [0.1, 0.15) is 17.5 Å². The average molecular weight is 320 g/mol. The molecular formula is C18H16N4O2. The second kappa shape index (κ2) is 6.05. The van der Waals surface area contributed by atoms with Crippen LogP contribution in [0.2, 0.25) is 0 Å². The molecule has 1 aromatic carbocycles. The number of nitrogens with one attached hydrogen (secondary N) is 2. The minimum absolute atomic E-state index is 0.190. The van der Waals surface area contributed by atoms with Crippen molar-refractivity contribution in [1.29, 1.82) is 5.26 Å². The zero-order valence-corrected chi connectivity index (χ0v) is 13.4. The summed E-state index contributed by atoms with van der Waals surface area (Å²) in [5.41, 5.74) is 2.56. The van der Waals surface area contributed by atoms with Crippen LogP contribution in [0.3, 0.4) is 0 Å². The summed E-state index contributed by atoms with van der Waals surface area (Å²) < 4.78 is 1.27. The molecule has 3 rings (SSSR count). The van der Waals surface area contributed by atoms with E-state index in [9.17, 15) is 9.59 Å². The number of nitriles is 1. The van der Waals surface area contributed by atoms with Gasteiger partial charge >= 0.3 is 0 Å². The molecule has 3 aromatic rings. The molecule has 24 heavy (non-hydrogen) atoms. The highest BCUT2D eigenvalue weighted by Crippen LogP contribution is 2.13. The third kappa shape index (κ3) is 2.79. The molecule has 0 atom stereocenters. The van der Waals surface area contributed by atoms with Crippen molar-refractivity contribution in [2.45, 2.75) is 13.5 Å². The van der Waals surface area contributed by atoms with Gasteiger partial charge in [-0.05, 0) is 42.6 Å². The van der Waals surface area contributed by atoms with Crippen LogP contribution in [0.25, 0.3) is 10.9 Å². The largest absolute Gasteiger partial charge is 0.376 e. The summed E-state index contributed by atoms with van der Waals surface area (Å²) in [7, 11) is 1.54. The predicted molar refractivity (Wildman–Crippen MR) is 93.0 cm³/mol. The predicted octanol–water partition coefficient (Wildman–Crippen LogP) is 2.02. The molecule has 0 aliphatic rings. The number of H-pyrrole nitrogens is 1. The maximum Gasteiger partial charge on any atom is 0.274 e. The minimum Gasteiger partial charge on any atom is -0.376 e. The highest BCUT2D eigenvalue weighted by molar-refractivity contribution is 5.79. The number of aromatic nitrogens is 2. The fraction of sp³-hybridized carbons (Fsp3) is 0.167. The van der Waals surface area contributed by atoms with E-state index in [2.05, 4.69) is 10.3 Å². The number of pyridine rings is 2. The van der Waals surface area contributed by atoms with E-state index in [-0.39, 0.29) is 23.4 Å². The van der Waals surface area contributed by atoms with Crippen LogP contribution in [0.1, 0.15) is 16.8 Å². The zero-order valence-electron chi connectivity index (χ0n) is 13.4. The SMILES string of the molecule is Cc1ccc2[nH]c(=O)c(CNc3ccc(C#N)n(C)c3=O)cc2c1. The van der Waals surface area contributed by atoms with E-state index in [0.29, 0.717) is 11.3 Å². The monoisotopic (exact) mass is 320 g/mol. The number of rotatable bonds is 3. The number of aromatic amines is 1. The molecule has 0 saturated heterocycles. The molecule has 0 fully saturated rings. The Morgan fingerprint density at radius 3 is 2.75 bits per heavy atom. The van der Waals surface area contributed by atoms with Crippen LogP contribution >= 0.6 is 0 Å². The van der Waals surface area contributed by atoms with E-state index in [0.717, 1.165) is 16.5 Å². The first-order valence-corrected chi connectivity index (χ1v) is 7.46. The van der Waals surface area contributed by atoms with Crippen molar-refractivity contribution in [2.75, 3.05) is 5.32 Å². The van der Waals surface area contributed by atoms with Crippen LogP contribution in [0.4, 0.5) is 5.69 Å². The highest BCUT2D eigenvalue weighted by atomic mass is 16.1. The third-order valence-corrected chi connectivity index (χ3v) is 3.96. The molecule has 0 bridgehead atoms. The number of nitrogens with zero attached hydrogens (tertiary/aromatic N) is 2. The molecule has 0 spiro atoms. The molecule has 0 radical (unpaired) electrons. The fourth-order valence-corrected chi connectivity index (χ4v) is 2.58. The molecule has 2 heterocycles. The minimum atomic E-state index is -0.304. The molecule has 0 aliphatic carbocycles. The maximum absolute atomic E-state index is 12.2. The van der Waals surface area contributed by atoms with Crippen LogP contribution in [-0.4, -0.2) is 9.55 Å².